The van der Waals surface area contributed by atoms with E-state index in [2.05, 4.69) is 0 Å². The molecule has 5 heteroatoms. The van der Waals surface area contributed by atoms with Crippen LogP contribution in [0.15, 0.2) is 0 Å². The van der Waals surface area contributed by atoms with Gasteiger partial charge in [0.2, 0.25) is 5.91 Å². The maximum atomic E-state index is 11.4. The van der Waals surface area contributed by atoms with Gasteiger partial charge >= 0.3 is 5.97 Å². The lowest BCUT2D eigenvalue weighted by molar-refractivity contribution is -0.144. The zero-order valence-corrected chi connectivity index (χ0v) is 12.2. The Bertz CT molecular complexity index is 265. The monoisotopic (exact) mass is 258 g/mol. The number of rotatable bonds is 8. The predicted octanol–water partition coefficient (Wildman–Crippen LogP) is 1.13. The van der Waals surface area contributed by atoms with Crippen molar-refractivity contribution in [3.05, 3.63) is 0 Å². The Balaban J connectivity index is 4.05. The van der Waals surface area contributed by atoms with E-state index in [1.165, 1.54) is 0 Å². The third-order valence-electron chi connectivity index (χ3n) is 2.70. The van der Waals surface area contributed by atoms with Crippen LogP contribution in [0.25, 0.3) is 0 Å². The molecule has 0 aromatic heterocycles. The van der Waals surface area contributed by atoms with Gasteiger partial charge in [-0.25, -0.2) is 0 Å². The lowest BCUT2D eigenvalue weighted by Gasteiger charge is -2.25. The second kappa shape index (κ2) is 8.91. The normalized spacial score (nSPS) is 10.8. The molecule has 1 amide bonds. The van der Waals surface area contributed by atoms with Crippen molar-refractivity contribution in [1.82, 2.24) is 9.80 Å². The molecule has 0 aliphatic rings. The Morgan fingerprint density at radius 3 is 2.28 bits per heavy atom. The Labute approximate surface area is 110 Å². The van der Waals surface area contributed by atoms with Gasteiger partial charge in [-0.15, -0.1) is 0 Å². The van der Waals surface area contributed by atoms with Gasteiger partial charge in [0.25, 0.3) is 0 Å². The second-order valence-corrected chi connectivity index (χ2v) is 4.76. The molecule has 18 heavy (non-hydrogen) atoms. The minimum absolute atomic E-state index is 0.120. The van der Waals surface area contributed by atoms with E-state index in [0.717, 1.165) is 13.0 Å². The van der Waals surface area contributed by atoms with E-state index in [-0.39, 0.29) is 17.9 Å². The largest absolute Gasteiger partial charge is 0.465 e. The SMILES string of the molecule is CCOC(=O)CN(CCCC(=O)N(C)C)C(C)C. The molecule has 0 bridgehead atoms. The second-order valence-electron chi connectivity index (χ2n) is 4.76. The molecular formula is C13H26N2O3. The standard InChI is InChI=1S/C13H26N2O3/c1-6-18-13(17)10-15(11(2)3)9-7-8-12(16)14(4)5/h11H,6-10H2,1-5H3. The number of carbonyl (C=O) groups is 2. The van der Waals surface area contributed by atoms with Gasteiger partial charge in [0.05, 0.1) is 13.2 Å². The van der Waals surface area contributed by atoms with Crippen molar-refractivity contribution in [1.29, 1.82) is 0 Å². The highest BCUT2D eigenvalue weighted by atomic mass is 16.5. The molecule has 0 aromatic carbocycles. The van der Waals surface area contributed by atoms with Gasteiger partial charge in [-0.05, 0) is 33.7 Å². The molecule has 0 spiro atoms. The van der Waals surface area contributed by atoms with Crippen LogP contribution in [0.5, 0.6) is 0 Å². The zero-order valence-electron chi connectivity index (χ0n) is 12.2. The molecule has 0 fully saturated rings. The average Bonchev–Trinajstić information content (AvgIpc) is 2.27. The van der Waals surface area contributed by atoms with Crippen LogP contribution in [-0.4, -0.2) is 61.5 Å². The van der Waals surface area contributed by atoms with Crippen molar-refractivity contribution in [3.63, 3.8) is 0 Å². The first-order valence-corrected chi connectivity index (χ1v) is 6.48. The fraction of sp³-hybridized carbons (Fsp3) is 0.846. The van der Waals surface area contributed by atoms with Gasteiger partial charge in [0.15, 0.2) is 0 Å². The number of hydrogen-bond acceptors (Lipinski definition) is 4. The Hall–Kier alpha value is -1.10. The van der Waals surface area contributed by atoms with Crippen molar-refractivity contribution < 1.29 is 14.3 Å². The summed E-state index contributed by atoms with van der Waals surface area (Å²) >= 11 is 0. The van der Waals surface area contributed by atoms with Gasteiger partial charge in [-0.2, -0.15) is 0 Å². The van der Waals surface area contributed by atoms with Gasteiger partial charge < -0.3 is 9.64 Å². The summed E-state index contributed by atoms with van der Waals surface area (Å²) < 4.78 is 4.93. The lowest BCUT2D eigenvalue weighted by Crippen LogP contribution is -2.37. The molecule has 0 radical (unpaired) electrons. The molecule has 0 N–H and O–H groups in total. The molecule has 106 valence electrons. The van der Waals surface area contributed by atoms with E-state index in [1.807, 2.05) is 18.7 Å². The quantitative estimate of drug-likeness (QED) is 0.612. The Morgan fingerprint density at radius 1 is 1.22 bits per heavy atom. The summed E-state index contributed by atoms with van der Waals surface area (Å²) in [6, 6.07) is 0.267. The summed E-state index contributed by atoms with van der Waals surface area (Å²) in [5.74, 6) is -0.0834. The molecule has 0 heterocycles. The first-order chi connectivity index (χ1) is 8.38. The van der Waals surface area contributed by atoms with Crippen LogP contribution in [0.1, 0.15) is 33.6 Å². The third-order valence-corrected chi connectivity index (χ3v) is 2.70. The molecule has 0 aromatic rings. The van der Waals surface area contributed by atoms with Gasteiger partial charge in [0, 0.05) is 26.6 Å². The zero-order chi connectivity index (χ0) is 14.1. The van der Waals surface area contributed by atoms with Crippen LogP contribution in [0.2, 0.25) is 0 Å². The van der Waals surface area contributed by atoms with Crippen LogP contribution in [0.4, 0.5) is 0 Å². The van der Waals surface area contributed by atoms with Crippen molar-refractivity contribution in [2.24, 2.45) is 0 Å². The van der Waals surface area contributed by atoms with Crippen LogP contribution in [0.3, 0.4) is 0 Å². The molecule has 0 atom stereocenters. The maximum Gasteiger partial charge on any atom is 0.320 e. The summed E-state index contributed by atoms with van der Waals surface area (Å²) in [6.45, 7) is 7.30. The lowest BCUT2D eigenvalue weighted by atomic mass is 10.2. The Morgan fingerprint density at radius 2 is 1.83 bits per heavy atom. The first kappa shape index (κ1) is 16.9. The molecule has 5 nitrogen and oxygen atoms in total. The van der Waals surface area contributed by atoms with Crippen LogP contribution in [0, 0.1) is 0 Å². The maximum absolute atomic E-state index is 11.4. The number of hydrogen-bond donors (Lipinski definition) is 0. The highest BCUT2D eigenvalue weighted by molar-refractivity contribution is 5.75. The molecule has 0 aliphatic carbocycles. The smallest absolute Gasteiger partial charge is 0.320 e. The summed E-state index contributed by atoms with van der Waals surface area (Å²) in [4.78, 5) is 26.5. The van der Waals surface area contributed by atoms with Crippen LogP contribution >= 0.6 is 0 Å². The van der Waals surface area contributed by atoms with E-state index in [4.69, 9.17) is 4.74 Å². The first-order valence-electron chi connectivity index (χ1n) is 6.48. The molecule has 0 saturated carbocycles. The van der Waals surface area contributed by atoms with Crippen molar-refractivity contribution in [2.45, 2.75) is 39.7 Å². The summed E-state index contributed by atoms with van der Waals surface area (Å²) in [7, 11) is 3.50. The van der Waals surface area contributed by atoms with Crippen molar-refractivity contribution in [2.75, 3.05) is 33.8 Å². The summed E-state index contributed by atoms with van der Waals surface area (Å²) in [6.07, 6.45) is 1.27. The van der Waals surface area contributed by atoms with E-state index in [9.17, 15) is 9.59 Å². The third kappa shape index (κ3) is 7.27. The minimum atomic E-state index is -0.204. The number of esters is 1. The molecule has 0 unspecified atom stereocenters. The number of carbonyl (C=O) groups excluding carboxylic acids is 2. The van der Waals surface area contributed by atoms with Crippen molar-refractivity contribution in [3.8, 4) is 0 Å². The highest BCUT2D eigenvalue weighted by Crippen LogP contribution is 2.03. The summed E-state index contributed by atoms with van der Waals surface area (Å²) in [5.41, 5.74) is 0. The number of ether oxygens (including phenoxy) is 1. The molecule has 0 saturated heterocycles. The highest BCUT2D eigenvalue weighted by Gasteiger charge is 2.15. The average molecular weight is 258 g/mol. The fourth-order valence-electron chi connectivity index (χ4n) is 1.55. The van der Waals surface area contributed by atoms with Gasteiger partial charge in [0.1, 0.15) is 0 Å². The topological polar surface area (TPSA) is 49.9 Å². The van der Waals surface area contributed by atoms with Crippen molar-refractivity contribution >= 4 is 11.9 Å². The van der Waals surface area contributed by atoms with E-state index in [1.54, 1.807) is 25.9 Å². The number of amides is 1. The van der Waals surface area contributed by atoms with Gasteiger partial charge in [-0.1, -0.05) is 0 Å². The molecular weight excluding hydrogens is 232 g/mol. The van der Waals surface area contributed by atoms with E-state index >= 15 is 0 Å². The Kier molecular flexibility index (Phi) is 8.37. The molecule has 0 rings (SSSR count). The van der Waals surface area contributed by atoms with E-state index < -0.39 is 0 Å². The fourth-order valence-corrected chi connectivity index (χ4v) is 1.55. The number of nitrogens with zero attached hydrogens (tertiary/aromatic N) is 2. The van der Waals surface area contributed by atoms with Crippen LogP contribution in [-0.2, 0) is 14.3 Å². The summed E-state index contributed by atoms with van der Waals surface area (Å²) in [5, 5.41) is 0. The van der Waals surface area contributed by atoms with Gasteiger partial charge in [-0.3, -0.25) is 14.5 Å². The minimum Gasteiger partial charge on any atom is -0.465 e. The van der Waals surface area contributed by atoms with Crippen LogP contribution < -0.4 is 0 Å². The predicted molar refractivity (Wildman–Crippen MR) is 71.3 cm³/mol. The molecule has 0 aliphatic heterocycles. The van der Waals surface area contributed by atoms with E-state index in [0.29, 0.717) is 19.6 Å².